The molecule has 0 aliphatic carbocycles. The lowest BCUT2D eigenvalue weighted by Gasteiger charge is -2.22. The molecule has 0 radical (unpaired) electrons. The summed E-state index contributed by atoms with van der Waals surface area (Å²) in [5, 5.41) is 3.45. The minimum atomic E-state index is 0.167. The fraction of sp³-hybridized carbons (Fsp3) is 0.571. The van der Waals surface area contributed by atoms with Gasteiger partial charge in [0.1, 0.15) is 5.75 Å². The van der Waals surface area contributed by atoms with Gasteiger partial charge in [-0.2, -0.15) is 0 Å². The van der Waals surface area contributed by atoms with Crippen molar-refractivity contribution in [1.29, 1.82) is 0 Å². The van der Waals surface area contributed by atoms with E-state index in [1.807, 2.05) is 6.07 Å². The second kappa shape index (κ2) is 7.12. The first-order valence-corrected chi connectivity index (χ1v) is 7.01. The number of methoxy groups -OCH3 is 1. The van der Waals surface area contributed by atoms with Crippen LogP contribution in [-0.4, -0.2) is 26.7 Å². The van der Waals surface area contributed by atoms with Crippen LogP contribution in [0.1, 0.15) is 19.4 Å². The first-order chi connectivity index (χ1) is 8.48. The molecule has 0 atom stereocenters. The maximum absolute atomic E-state index is 5.69. The van der Waals surface area contributed by atoms with E-state index in [9.17, 15) is 0 Å². The van der Waals surface area contributed by atoms with Crippen LogP contribution < -0.4 is 15.8 Å². The molecule has 1 aromatic rings. The Morgan fingerprint density at radius 1 is 1.39 bits per heavy atom. The fourth-order valence-electron chi connectivity index (χ4n) is 1.60. The van der Waals surface area contributed by atoms with Crippen molar-refractivity contribution in [3.05, 3.63) is 28.2 Å². The maximum atomic E-state index is 5.69. The van der Waals surface area contributed by atoms with Crippen LogP contribution >= 0.6 is 15.9 Å². The highest BCUT2D eigenvalue weighted by molar-refractivity contribution is 9.10. The molecule has 0 saturated heterocycles. The van der Waals surface area contributed by atoms with Crippen molar-refractivity contribution in [1.82, 2.24) is 5.32 Å². The summed E-state index contributed by atoms with van der Waals surface area (Å²) in [4.78, 5) is 0. The molecule has 3 nitrogen and oxygen atoms in total. The summed E-state index contributed by atoms with van der Waals surface area (Å²) >= 11 is 3.50. The van der Waals surface area contributed by atoms with Gasteiger partial charge in [0.05, 0.1) is 11.6 Å². The number of benzene rings is 1. The van der Waals surface area contributed by atoms with Gasteiger partial charge >= 0.3 is 0 Å². The van der Waals surface area contributed by atoms with E-state index < -0.39 is 0 Å². The summed E-state index contributed by atoms with van der Waals surface area (Å²) in [7, 11) is 1.68. The molecule has 102 valence electrons. The van der Waals surface area contributed by atoms with Gasteiger partial charge in [-0.15, -0.1) is 0 Å². The molecular weight excluding hydrogens is 292 g/mol. The predicted octanol–water partition coefficient (Wildman–Crippen LogP) is 2.57. The van der Waals surface area contributed by atoms with Gasteiger partial charge in [-0.1, -0.05) is 19.9 Å². The molecule has 0 aliphatic rings. The number of halogens is 1. The minimum Gasteiger partial charge on any atom is -0.496 e. The summed E-state index contributed by atoms with van der Waals surface area (Å²) in [5.41, 5.74) is 7.15. The number of ether oxygens (including phenoxy) is 1. The molecule has 1 aromatic carbocycles. The molecule has 3 N–H and O–H groups in total. The number of nitrogens with two attached hydrogens (primary N) is 1. The van der Waals surface area contributed by atoms with Crippen LogP contribution in [0.15, 0.2) is 22.7 Å². The van der Waals surface area contributed by atoms with Crippen LogP contribution in [0.25, 0.3) is 0 Å². The first-order valence-electron chi connectivity index (χ1n) is 6.22. The minimum absolute atomic E-state index is 0.167. The highest BCUT2D eigenvalue weighted by Crippen LogP contribution is 2.25. The van der Waals surface area contributed by atoms with E-state index in [1.54, 1.807) is 7.11 Å². The molecule has 0 unspecified atom stereocenters. The molecule has 0 fully saturated rings. The first kappa shape index (κ1) is 15.5. The SMILES string of the molecule is COc1ccc(CCNCC(C)(C)CN)cc1Br. The molecule has 0 amide bonds. The lowest BCUT2D eigenvalue weighted by molar-refractivity contribution is 0.353. The van der Waals surface area contributed by atoms with Crippen LogP contribution in [0.5, 0.6) is 5.75 Å². The third-order valence-corrected chi connectivity index (χ3v) is 3.58. The van der Waals surface area contributed by atoms with Crippen molar-refractivity contribution in [2.75, 3.05) is 26.7 Å². The summed E-state index contributed by atoms with van der Waals surface area (Å²) in [5.74, 6) is 0.871. The summed E-state index contributed by atoms with van der Waals surface area (Å²) in [6.45, 7) is 6.95. The molecule has 0 saturated carbocycles. The van der Waals surface area contributed by atoms with Gasteiger partial charge in [0, 0.05) is 6.54 Å². The van der Waals surface area contributed by atoms with Crippen molar-refractivity contribution in [2.24, 2.45) is 11.1 Å². The molecule has 4 heteroatoms. The average Bonchev–Trinajstić information content (AvgIpc) is 2.35. The van der Waals surface area contributed by atoms with E-state index in [1.165, 1.54) is 5.56 Å². The Hall–Kier alpha value is -0.580. The van der Waals surface area contributed by atoms with E-state index >= 15 is 0 Å². The van der Waals surface area contributed by atoms with E-state index in [2.05, 4.69) is 47.2 Å². The normalized spacial score (nSPS) is 11.6. The number of hydrogen-bond acceptors (Lipinski definition) is 3. The standard InChI is InChI=1S/C14H23BrN2O/c1-14(2,9-16)10-17-7-6-11-4-5-13(18-3)12(15)8-11/h4-5,8,17H,6-7,9-10,16H2,1-3H3. The van der Waals surface area contributed by atoms with Gasteiger partial charge in [0.2, 0.25) is 0 Å². The highest BCUT2D eigenvalue weighted by atomic mass is 79.9. The van der Waals surface area contributed by atoms with Crippen molar-refractivity contribution in [3.8, 4) is 5.75 Å². The molecule has 0 heterocycles. The second-order valence-corrected chi connectivity index (χ2v) is 6.12. The van der Waals surface area contributed by atoms with E-state index in [0.29, 0.717) is 6.54 Å². The quantitative estimate of drug-likeness (QED) is 0.760. The molecule has 18 heavy (non-hydrogen) atoms. The van der Waals surface area contributed by atoms with E-state index in [0.717, 1.165) is 29.7 Å². The maximum Gasteiger partial charge on any atom is 0.133 e. The molecule has 1 rings (SSSR count). The summed E-state index contributed by atoms with van der Waals surface area (Å²) in [6.07, 6.45) is 1.00. The number of nitrogens with one attached hydrogen (secondary N) is 1. The Labute approximate surface area is 118 Å². The van der Waals surface area contributed by atoms with Crippen LogP contribution in [0, 0.1) is 5.41 Å². The van der Waals surface area contributed by atoms with Crippen molar-refractivity contribution in [2.45, 2.75) is 20.3 Å². The van der Waals surface area contributed by atoms with Gasteiger partial charge in [0.25, 0.3) is 0 Å². The van der Waals surface area contributed by atoms with Gasteiger partial charge in [-0.25, -0.2) is 0 Å². The average molecular weight is 315 g/mol. The van der Waals surface area contributed by atoms with Crippen molar-refractivity contribution in [3.63, 3.8) is 0 Å². The van der Waals surface area contributed by atoms with Gasteiger partial charge in [-0.3, -0.25) is 0 Å². The zero-order valence-electron chi connectivity index (χ0n) is 11.4. The monoisotopic (exact) mass is 314 g/mol. The molecule has 0 aliphatic heterocycles. The Morgan fingerprint density at radius 3 is 2.67 bits per heavy atom. The fourth-order valence-corrected chi connectivity index (χ4v) is 2.19. The Kier molecular flexibility index (Phi) is 6.12. The highest BCUT2D eigenvalue weighted by Gasteiger charge is 2.14. The zero-order valence-corrected chi connectivity index (χ0v) is 13.0. The van der Waals surface area contributed by atoms with Crippen molar-refractivity contribution >= 4 is 15.9 Å². The van der Waals surface area contributed by atoms with E-state index in [4.69, 9.17) is 10.5 Å². The molecule has 0 spiro atoms. The van der Waals surface area contributed by atoms with Crippen LogP contribution in [0.3, 0.4) is 0 Å². The molecular formula is C14H23BrN2O. The third-order valence-electron chi connectivity index (χ3n) is 2.96. The predicted molar refractivity (Wildman–Crippen MR) is 80.1 cm³/mol. The lowest BCUT2D eigenvalue weighted by Crippen LogP contribution is -2.36. The largest absolute Gasteiger partial charge is 0.496 e. The summed E-state index contributed by atoms with van der Waals surface area (Å²) in [6, 6.07) is 6.19. The Balaban J connectivity index is 2.38. The Bertz CT molecular complexity index is 380. The number of rotatable bonds is 7. The van der Waals surface area contributed by atoms with Gasteiger partial charge in [0.15, 0.2) is 0 Å². The number of hydrogen-bond donors (Lipinski definition) is 2. The van der Waals surface area contributed by atoms with Crippen LogP contribution in [-0.2, 0) is 6.42 Å². The third kappa shape index (κ3) is 4.96. The second-order valence-electron chi connectivity index (χ2n) is 5.26. The molecule has 0 bridgehead atoms. The van der Waals surface area contributed by atoms with Crippen LogP contribution in [0.2, 0.25) is 0 Å². The van der Waals surface area contributed by atoms with Crippen molar-refractivity contribution < 1.29 is 4.74 Å². The zero-order chi connectivity index (χ0) is 13.6. The topological polar surface area (TPSA) is 47.3 Å². The summed E-state index contributed by atoms with van der Waals surface area (Å²) < 4.78 is 6.21. The molecule has 0 aromatic heterocycles. The lowest BCUT2D eigenvalue weighted by atomic mass is 9.94. The van der Waals surface area contributed by atoms with Gasteiger partial charge < -0.3 is 15.8 Å². The van der Waals surface area contributed by atoms with Crippen LogP contribution in [0.4, 0.5) is 0 Å². The smallest absolute Gasteiger partial charge is 0.133 e. The Morgan fingerprint density at radius 2 is 2.11 bits per heavy atom. The van der Waals surface area contributed by atoms with Gasteiger partial charge in [-0.05, 0) is 58.6 Å². The van der Waals surface area contributed by atoms with E-state index in [-0.39, 0.29) is 5.41 Å².